The molecular formula is C16H15FN4O2. The summed E-state index contributed by atoms with van der Waals surface area (Å²) in [6.07, 6.45) is 3.40. The van der Waals surface area contributed by atoms with Crippen molar-refractivity contribution in [2.75, 3.05) is 0 Å². The molecule has 3 rings (SSSR count). The molecule has 118 valence electrons. The molecule has 2 aromatic heterocycles. The van der Waals surface area contributed by atoms with Gasteiger partial charge in [0.15, 0.2) is 0 Å². The molecule has 0 aliphatic rings. The SMILES string of the molecule is NC(=O)N(O)Cc1cc2cc(F)ccc2n1Cc1cccnc1. The molecule has 2 amide bonds. The minimum atomic E-state index is -0.950. The Kier molecular flexibility index (Phi) is 3.94. The molecule has 0 saturated carbocycles. The van der Waals surface area contributed by atoms with E-state index in [0.29, 0.717) is 22.7 Å². The molecule has 3 N–H and O–H groups in total. The number of primary amides is 1. The van der Waals surface area contributed by atoms with Crippen molar-refractivity contribution in [3.05, 3.63) is 65.9 Å². The van der Waals surface area contributed by atoms with Crippen LogP contribution in [0.4, 0.5) is 9.18 Å². The van der Waals surface area contributed by atoms with E-state index in [2.05, 4.69) is 4.98 Å². The summed E-state index contributed by atoms with van der Waals surface area (Å²) < 4.78 is 15.3. The number of pyridine rings is 1. The zero-order valence-corrected chi connectivity index (χ0v) is 12.2. The monoisotopic (exact) mass is 314 g/mol. The number of aromatic nitrogens is 2. The predicted molar refractivity (Wildman–Crippen MR) is 82.1 cm³/mol. The van der Waals surface area contributed by atoms with E-state index in [0.717, 1.165) is 11.1 Å². The summed E-state index contributed by atoms with van der Waals surface area (Å²) in [6, 6.07) is 8.95. The summed E-state index contributed by atoms with van der Waals surface area (Å²) in [7, 11) is 0. The number of hydrogen-bond acceptors (Lipinski definition) is 3. The van der Waals surface area contributed by atoms with E-state index in [4.69, 9.17) is 5.73 Å². The summed E-state index contributed by atoms with van der Waals surface area (Å²) in [5, 5.41) is 10.7. The van der Waals surface area contributed by atoms with Gasteiger partial charge in [0.1, 0.15) is 5.82 Å². The minimum absolute atomic E-state index is 0.0914. The molecule has 0 radical (unpaired) electrons. The lowest BCUT2D eigenvalue weighted by Gasteiger charge is -2.15. The van der Waals surface area contributed by atoms with Crippen LogP contribution in [0.2, 0.25) is 0 Å². The fourth-order valence-corrected chi connectivity index (χ4v) is 2.52. The molecule has 2 heterocycles. The smallest absolute Gasteiger partial charge is 0.338 e. The van der Waals surface area contributed by atoms with E-state index >= 15 is 0 Å². The Bertz CT molecular complexity index is 848. The van der Waals surface area contributed by atoms with Crippen molar-refractivity contribution in [1.29, 1.82) is 0 Å². The van der Waals surface area contributed by atoms with Crippen molar-refractivity contribution < 1.29 is 14.4 Å². The highest BCUT2D eigenvalue weighted by Crippen LogP contribution is 2.23. The number of halogens is 1. The molecule has 3 aromatic rings. The Labute approximate surface area is 131 Å². The largest absolute Gasteiger partial charge is 0.350 e. The van der Waals surface area contributed by atoms with Crippen LogP contribution in [0.1, 0.15) is 11.3 Å². The third kappa shape index (κ3) is 3.14. The number of rotatable bonds is 4. The van der Waals surface area contributed by atoms with E-state index in [9.17, 15) is 14.4 Å². The first-order valence-electron chi connectivity index (χ1n) is 6.97. The maximum Gasteiger partial charge on any atom is 0.338 e. The number of hydroxylamine groups is 2. The summed E-state index contributed by atoms with van der Waals surface area (Å²) in [5.74, 6) is -0.349. The second-order valence-electron chi connectivity index (χ2n) is 5.18. The molecule has 6 nitrogen and oxygen atoms in total. The van der Waals surface area contributed by atoms with Crippen LogP contribution in [0, 0.1) is 5.82 Å². The fraction of sp³-hybridized carbons (Fsp3) is 0.125. The van der Waals surface area contributed by atoms with Crippen molar-refractivity contribution in [2.24, 2.45) is 5.73 Å². The summed E-state index contributed by atoms with van der Waals surface area (Å²) >= 11 is 0. The Balaban J connectivity index is 2.06. The summed E-state index contributed by atoms with van der Waals surface area (Å²) in [5.41, 5.74) is 7.44. The van der Waals surface area contributed by atoms with Crippen molar-refractivity contribution in [3.63, 3.8) is 0 Å². The van der Waals surface area contributed by atoms with E-state index in [-0.39, 0.29) is 12.4 Å². The van der Waals surface area contributed by atoms with Gasteiger partial charge in [0.05, 0.1) is 6.54 Å². The summed E-state index contributed by atoms with van der Waals surface area (Å²) in [6.45, 7) is 0.386. The number of hydrogen-bond donors (Lipinski definition) is 2. The Morgan fingerprint density at radius 3 is 2.87 bits per heavy atom. The van der Waals surface area contributed by atoms with Gasteiger partial charge in [-0.25, -0.2) is 14.2 Å². The Hall–Kier alpha value is -2.93. The van der Waals surface area contributed by atoms with Crippen molar-refractivity contribution >= 4 is 16.9 Å². The molecule has 1 aromatic carbocycles. The van der Waals surface area contributed by atoms with Crippen molar-refractivity contribution in [1.82, 2.24) is 14.6 Å². The molecule has 0 bridgehead atoms. The zero-order chi connectivity index (χ0) is 16.4. The average Bonchev–Trinajstić information content (AvgIpc) is 2.85. The van der Waals surface area contributed by atoms with E-state index in [1.165, 1.54) is 12.1 Å². The van der Waals surface area contributed by atoms with Crippen LogP contribution in [-0.4, -0.2) is 25.9 Å². The first-order valence-corrected chi connectivity index (χ1v) is 6.97. The highest BCUT2D eigenvalue weighted by molar-refractivity contribution is 5.81. The molecule has 0 aliphatic carbocycles. The van der Waals surface area contributed by atoms with Crippen molar-refractivity contribution in [2.45, 2.75) is 13.1 Å². The quantitative estimate of drug-likeness (QED) is 0.573. The van der Waals surface area contributed by atoms with E-state index < -0.39 is 6.03 Å². The Morgan fingerprint density at radius 2 is 2.17 bits per heavy atom. The van der Waals surface area contributed by atoms with Gasteiger partial charge in [0.25, 0.3) is 0 Å². The lowest BCUT2D eigenvalue weighted by molar-refractivity contribution is -0.0484. The molecule has 0 aliphatic heterocycles. The first-order chi connectivity index (χ1) is 11.0. The van der Waals surface area contributed by atoms with Crippen LogP contribution >= 0.6 is 0 Å². The van der Waals surface area contributed by atoms with Gasteiger partial charge in [0, 0.05) is 35.5 Å². The van der Waals surface area contributed by atoms with Gasteiger partial charge >= 0.3 is 6.03 Å². The van der Waals surface area contributed by atoms with Gasteiger partial charge in [-0.2, -0.15) is 0 Å². The molecule has 23 heavy (non-hydrogen) atoms. The van der Waals surface area contributed by atoms with Crippen LogP contribution in [-0.2, 0) is 13.1 Å². The molecule has 7 heteroatoms. The van der Waals surface area contributed by atoms with Gasteiger partial charge < -0.3 is 10.3 Å². The summed E-state index contributed by atoms with van der Waals surface area (Å²) in [4.78, 5) is 15.1. The van der Waals surface area contributed by atoms with E-state index in [1.54, 1.807) is 24.5 Å². The normalized spacial score (nSPS) is 10.9. The highest BCUT2D eigenvalue weighted by atomic mass is 19.1. The standard InChI is InChI=1S/C16H15FN4O2/c17-13-3-4-15-12(6-13)7-14(10-21(23)16(18)22)20(15)9-11-2-1-5-19-8-11/h1-8,23H,9-10H2,(H2,18,22). The average molecular weight is 314 g/mol. The minimum Gasteiger partial charge on any atom is -0.350 e. The number of fused-ring (bicyclic) bond motifs is 1. The molecule has 0 unspecified atom stereocenters. The maximum absolute atomic E-state index is 13.4. The van der Waals surface area contributed by atoms with Crippen LogP contribution in [0.15, 0.2) is 48.8 Å². The zero-order valence-electron chi connectivity index (χ0n) is 12.2. The van der Waals surface area contributed by atoms with Gasteiger partial charge in [-0.3, -0.25) is 10.2 Å². The van der Waals surface area contributed by atoms with Gasteiger partial charge in [-0.1, -0.05) is 6.07 Å². The highest BCUT2D eigenvalue weighted by Gasteiger charge is 2.14. The number of nitrogens with two attached hydrogens (primary N) is 1. The number of carbonyl (C=O) groups is 1. The second-order valence-corrected chi connectivity index (χ2v) is 5.18. The van der Waals surface area contributed by atoms with Crippen molar-refractivity contribution in [3.8, 4) is 0 Å². The third-order valence-corrected chi connectivity index (χ3v) is 3.58. The number of nitrogens with zero attached hydrogens (tertiary/aromatic N) is 3. The first kappa shape index (κ1) is 15.0. The Morgan fingerprint density at radius 1 is 1.35 bits per heavy atom. The fourth-order valence-electron chi connectivity index (χ4n) is 2.52. The maximum atomic E-state index is 13.4. The third-order valence-electron chi connectivity index (χ3n) is 3.58. The van der Waals surface area contributed by atoms with Gasteiger partial charge in [0.2, 0.25) is 0 Å². The molecule has 0 spiro atoms. The number of benzene rings is 1. The number of urea groups is 1. The number of amides is 2. The second kappa shape index (κ2) is 6.05. The van der Waals surface area contributed by atoms with Crippen LogP contribution in [0.5, 0.6) is 0 Å². The lowest BCUT2D eigenvalue weighted by Crippen LogP contribution is -2.32. The van der Waals surface area contributed by atoms with Crippen LogP contribution in [0.25, 0.3) is 10.9 Å². The molecule has 0 atom stereocenters. The molecular weight excluding hydrogens is 299 g/mol. The van der Waals surface area contributed by atoms with Crippen LogP contribution < -0.4 is 5.73 Å². The lowest BCUT2D eigenvalue weighted by atomic mass is 10.2. The predicted octanol–water partition coefficient (Wildman–Crippen LogP) is 2.49. The molecule has 0 fully saturated rings. The van der Waals surface area contributed by atoms with E-state index in [1.807, 2.05) is 16.7 Å². The van der Waals surface area contributed by atoms with Gasteiger partial charge in [-0.05, 0) is 35.9 Å². The topological polar surface area (TPSA) is 84.4 Å². The van der Waals surface area contributed by atoms with Crippen LogP contribution in [0.3, 0.4) is 0 Å². The number of carbonyl (C=O) groups excluding carboxylic acids is 1. The van der Waals surface area contributed by atoms with Gasteiger partial charge in [-0.15, -0.1) is 0 Å². The molecule has 0 saturated heterocycles.